The lowest BCUT2D eigenvalue weighted by Crippen LogP contribution is -2.00. The number of hydrogen-bond donors (Lipinski definition) is 0. The van der Waals surface area contributed by atoms with Crippen molar-refractivity contribution in [2.75, 3.05) is 7.11 Å². The van der Waals surface area contributed by atoms with Crippen molar-refractivity contribution < 1.29 is 13.5 Å². The van der Waals surface area contributed by atoms with Crippen LogP contribution in [0.4, 0.5) is 8.78 Å². The number of nitriles is 1. The summed E-state index contributed by atoms with van der Waals surface area (Å²) in [5.41, 5.74) is 0.204. The number of rotatable bonds is 2. The molecule has 0 unspecified atom stereocenters. The molecule has 0 amide bonds. The summed E-state index contributed by atoms with van der Waals surface area (Å²) in [5, 5.41) is 8.63. The Bertz CT molecular complexity index is 385. The molecule has 0 saturated carbocycles. The van der Waals surface area contributed by atoms with Crippen molar-refractivity contribution in [3.63, 3.8) is 0 Å². The first-order valence-electron chi connectivity index (χ1n) is 3.83. The van der Waals surface area contributed by atoms with E-state index in [1.165, 1.54) is 7.11 Å². The molecule has 0 spiro atoms. The van der Waals surface area contributed by atoms with Crippen LogP contribution in [0.3, 0.4) is 0 Å². The normalized spacial score (nSPS) is 10.0. The highest BCUT2D eigenvalue weighted by Gasteiger charge is 2.19. The predicted octanol–water partition coefficient (Wildman–Crippen LogP) is 2.21. The molecule has 1 aromatic rings. The number of alkyl halides is 2. The Kier molecular flexibility index (Phi) is 2.97. The van der Waals surface area contributed by atoms with E-state index in [2.05, 4.69) is 4.98 Å². The van der Waals surface area contributed by atoms with E-state index in [9.17, 15) is 8.78 Å². The van der Waals surface area contributed by atoms with Crippen LogP contribution < -0.4 is 4.74 Å². The molecular weight excluding hydrogens is 190 g/mol. The average molecular weight is 198 g/mol. The number of halogens is 2. The van der Waals surface area contributed by atoms with Gasteiger partial charge in [-0.3, -0.25) is 0 Å². The van der Waals surface area contributed by atoms with E-state index in [0.29, 0.717) is 5.56 Å². The SMILES string of the molecule is COc1c(C(F)F)ncc(C#N)c1C. The molecule has 0 fully saturated rings. The predicted molar refractivity (Wildman–Crippen MR) is 45.2 cm³/mol. The molecule has 0 bridgehead atoms. The van der Waals surface area contributed by atoms with Crippen LogP contribution in [0.25, 0.3) is 0 Å². The highest BCUT2D eigenvalue weighted by atomic mass is 19.3. The van der Waals surface area contributed by atoms with E-state index >= 15 is 0 Å². The minimum atomic E-state index is -2.70. The van der Waals surface area contributed by atoms with Gasteiger partial charge in [0.1, 0.15) is 17.5 Å². The lowest BCUT2D eigenvalue weighted by molar-refractivity contribution is 0.141. The fourth-order valence-electron chi connectivity index (χ4n) is 1.13. The molecule has 0 aliphatic carbocycles. The third-order valence-corrected chi connectivity index (χ3v) is 1.84. The molecule has 14 heavy (non-hydrogen) atoms. The quantitative estimate of drug-likeness (QED) is 0.731. The highest BCUT2D eigenvalue weighted by Crippen LogP contribution is 2.30. The maximum atomic E-state index is 12.4. The van der Waals surface area contributed by atoms with E-state index in [1.807, 2.05) is 6.07 Å². The Hall–Kier alpha value is -1.70. The van der Waals surface area contributed by atoms with Gasteiger partial charge in [-0.2, -0.15) is 5.26 Å². The first-order chi connectivity index (χ1) is 6.61. The second kappa shape index (κ2) is 4.01. The summed E-state index contributed by atoms with van der Waals surface area (Å²) in [6, 6.07) is 1.85. The number of methoxy groups -OCH3 is 1. The molecule has 0 saturated heterocycles. The van der Waals surface area contributed by atoms with Gasteiger partial charge in [0.05, 0.1) is 12.7 Å². The zero-order chi connectivity index (χ0) is 10.7. The lowest BCUT2D eigenvalue weighted by Gasteiger charge is -2.10. The Morgan fingerprint density at radius 2 is 2.21 bits per heavy atom. The van der Waals surface area contributed by atoms with E-state index < -0.39 is 12.1 Å². The van der Waals surface area contributed by atoms with Crippen LogP contribution in [0, 0.1) is 18.3 Å². The van der Waals surface area contributed by atoms with Gasteiger partial charge in [0.15, 0.2) is 0 Å². The van der Waals surface area contributed by atoms with Crippen molar-refractivity contribution in [1.29, 1.82) is 5.26 Å². The number of aromatic nitrogens is 1. The van der Waals surface area contributed by atoms with Gasteiger partial charge in [0.2, 0.25) is 0 Å². The maximum Gasteiger partial charge on any atom is 0.284 e. The topological polar surface area (TPSA) is 45.9 Å². The molecule has 1 heterocycles. The molecule has 0 aromatic carbocycles. The molecule has 1 rings (SSSR count). The zero-order valence-electron chi connectivity index (χ0n) is 7.71. The summed E-state index contributed by atoms with van der Waals surface area (Å²) in [6.07, 6.45) is -1.57. The van der Waals surface area contributed by atoms with Crippen molar-refractivity contribution in [2.45, 2.75) is 13.3 Å². The average Bonchev–Trinajstić information content (AvgIpc) is 2.17. The first-order valence-corrected chi connectivity index (χ1v) is 3.83. The Balaban J connectivity index is 3.38. The zero-order valence-corrected chi connectivity index (χ0v) is 7.71. The van der Waals surface area contributed by atoms with E-state index in [4.69, 9.17) is 10.00 Å². The van der Waals surface area contributed by atoms with Gasteiger partial charge in [-0.05, 0) is 6.92 Å². The second-order valence-electron chi connectivity index (χ2n) is 2.63. The molecule has 5 heteroatoms. The van der Waals surface area contributed by atoms with Crippen LogP contribution in [0.2, 0.25) is 0 Å². The van der Waals surface area contributed by atoms with Crippen molar-refractivity contribution in [3.8, 4) is 11.8 Å². The smallest absolute Gasteiger partial charge is 0.284 e. The Labute approximate surface area is 79.9 Å². The fraction of sp³-hybridized carbons (Fsp3) is 0.333. The largest absolute Gasteiger partial charge is 0.494 e. The van der Waals surface area contributed by atoms with Crippen molar-refractivity contribution in [1.82, 2.24) is 4.98 Å². The summed E-state index contributed by atoms with van der Waals surface area (Å²) in [6.45, 7) is 1.55. The minimum Gasteiger partial charge on any atom is -0.494 e. The third kappa shape index (κ3) is 1.64. The Morgan fingerprint density at radius 1 is 1.57 bits per heavy atom. The number of ether oxygens (including phenoxy) is 1. The third-order valence-electron chi connectivity index (χ3n) is 1.84. The standard InChI is InChI=1S/C9H8F2N2O/c1-5-6(3-12)4-13-7(9(10)11)8(5)14-2/h4,9H,1-2H3. The van der Waals surface area contributed by atoms with Gasteiger partial charge < -0.3 is 4.74 Å². The molecule has 1 aromatic heterocycles. The molecular formula is C9H8F2N2O. The number of hydrogen-bond acceptors (Lipinski definition) is 3. The van der Waals surface area contributed by atoms with Crippen LogP contribution in [0.1, 0.15) is 23.2 Å². The van der Waals surface area contributed by atoms with Crippen molar-refractivity contribution in [2.24, 2.45) is 0 Å². The lowest BCUT2D eigenvalue weighted by atomic mass is 10.1. The first kappa shape index (κ1) is 10.4. The molecule has 3 nitrogen and oxygen atoms in total. The van der Waals surface area contributed by atoms with Crippen molar-refractivity contribution >= 4 is 0 Å². The second-order valence-corrected chi connectivity index (χ2v) is 2.63. The molecule has 0 aliphatic rings. The summed E-state index contributed by atoms with van der Waals surface area (Å²) in [7, 11) is 1.27. The molecule has 74 valence electrons. The van der Waals surface area contributed by atoms with Gasteiger partial charge in [-0.15, -0.1) is 0 Å². The Morgan fingerprint density at radius 3 is 2.64 bits per heavy atom. The molecule has 0 aliphatic heterocycles. The van der Waals surface area contributed by atoms with Gasteiger partial charge in [-0.25, -0.2) is 13.8 Å². The summed E-state index contributed by atoms with van der Waals surface area (Å²) in [4.78, 5) is 3.48. The van der Waals surface area contributed by atoms with Crippen LogP contribution in [-0.4, -0.2) is 12.1 Å². The number of nitrogens with zero attached hydrogens (tertiary/aromatic N) is 2. The monoisotopic (exact) mass is 198 g/mol. The summed E-state index contributed by atoms with van der Waals surface area (Å²) < 4.78 is 29.6. The van der Waals surface area contributed by atoms with Gasteiger partial charge in [0.25, 0.3) is 6.43 Å². The van der Waals surface area contributed by atoms with Crippen LogP contribution in [-0.2, 0) is 0 Å². The van der Waals surface area contributed by atoms with E-state index in [-0.39, 0.29) is 11.3 Å². The van der Waals surface area contributed by atoms with E-state index in [0.717, 1.165) is 6.20 Å². The van der Waals surface area contributed by atoms with E-state index in [1.54, 1.807) is 6.92 Å². The van der Waals surface area contributed by atoms with Crippen LogP contribution >= 0.6 is 0 Å². The molecule has 0 radical (unpaired) electrons. The molecule has 0 atom stereocenters. The van der Waals surface area contributed by atoms with Crippen LogP contribution in [0.15, 0.2) is 6.20 Å². The minimum absolute atomic E-state index is 0.0148. The van der Waals surface area contributed by atoms with Crippen LogP contribution in [0.5, 0.6) is 5.75 Å². The maximum absolute atomic E-state index is 12.4. The summed E-state index contributed by atoms with van der Waals surface area (Å²) in [5.74, 6) is -0.0148. The van der Waals surface area contributed by atoms with Gasteiger partial charge in [-0.1, -0.05) is 0 Å². The summed E-state index contributed by atoms with van der Waals surface area (Å²) >= 11 is 0. The molecule has 0 N–H and O–H groups in total. The highest BCUT2D eigenvalue weighted by molar-refractivity contribution is 5.47. The number of pyridine rings is 1. The van der Waals surface area contributed by atoms with Gasteiger partial charge in [0, 0.05) is 11.8 Å². The van der Waals surface area contributed by atoms with Gasteiger partial charge >= 0.3 is 0 Å². The fourth-order valence-corrected chi connectivity index (χ4v) is 1.13. The van der Waals surface area contributed by atoms with Crippen molar-refractivity contribution in [3.05, 3.63) is 23.0 Å².